The minimum absolute atomic E-state index is 0.0699. The highest BCUT2D eigenvalue weighted by Crippen LogP contribution is 2.60. The normalized spacial score (nSPS) is 29.0. The zero-order valence-electron chi connectivity index (χ0n) is 24.6. The lowest BCUT2D eigenvalue weighted by atomic mass is 9.70. The molecule has 0 aliphatic carbocycles. The molecule has 1 N–H and O–H groups in total. The predicted octanol–water partition coefficient (Wildman–Crippen LogP) is 6.11. The molecule has 0 saturated carbocycles. The van der Waals surface area contributed by atoms with Crippen LogP contribution in [0.2, 0.25) is 37.8 Å². The molecule has 2 aromatic rings. The molecule has 0 unspecified atom stereocenters. The average molecular weight is 545 g/mol. The fourth-order valence-electron chi connectivity index (χ4n) is 7.03. The molecule has 0 radical (unpaired) electrons. The minimum Gasteiger partial charge on any atom is -0.495 e. The SMILES string of the molecule is COc1cccc2c3c4n(c12)[C@H](O[Si](C)(C)C)C[C@H]1[C@@H]([C@@H](C)O)CN(CC3)[C@@]41CO[Si](C)(C)C(C)(C)C. The van der Waals surface area contributed by atoms with Gasteiger partial charge >= 0.3 is 0 Å². The Morgan fingerprint density at radius 3 is 2.46 bits per heavy atom. The molecule has 206 valence electrons. The Hall–Kier alpha value is -1.17. The maximum atomic E-state index is 11.1. The van der Waals surface area contributed by atoms with Crippen molar-refractivity contribution in [3.63, 3.8) is 0 Å². The van der Waals surface area contributed by atoms with Gasteiger partial charge < -0.3 is 23.3 Å². The van der Waals surface area contributed by atoms with E-state index in [9.17, 15) is 5.11 Å². The number of para-hydroxylation sites is 1. The van der Waals surface area contributed by atoms with Gasteiger partial charge in [0.05, 0.1) is 30.9 Å². The van der Waals surface area contributed by atoms with Gasteiger partial charge in [-0.15, -0.1) is 0 Å². The summed E-state index contributed by atoms with van der Waals surface area (Å²) in [6, 6.07) is 6.46. The maximum Gasteiger partial charge on any atom is 0.192 e. The first-order valence-electron chi connectivity index (χ1n) is 14.1. The van der Waals surface area contributed by atoms with E-state index in [1.54, 1.807) is 7.11 Å². The van der Waals surface area contributed by atoms with Gasteiger partial charge in [0.1, 0.15) is 12.0 Å². The third-order valence-corrected chi connectivity index (χ3v) is 15.2. The van der Waals surface area contributed by atoms with Crippen molar-refractivity contribution >= 4 is 27.5 Å². The second-order valence-corrected chi connectivity index (χ2v) is 23.4. The topological polar surface area (TPSA) is 56.1 Å². The maximum absolute atomic E-state index is 11.1. The molecule has 3 aliphatic heterocycles. The van der Waals surface area contributed by atoms with E-state index in [1.807, 2.05) is 6.92 Å². The van der Waals surface area contributed by atoms with E-state index in [1.165, 1.54) is 16.6 Å². The summed E-state index contributed by atoms with van der Waals surface area (Å²) in [6.07, 6.45) is 1.43. The number of nitrogens with zero attached hydrogens (tertiary/aromatic N) is 2. The van der Waals surface area contributed by atoms with Gasteiger partial charge in [-0.25, -0.2) is 0 Å². The van der Waals surface area contributed by atoms with Crippen molar-refractivity contribution in [2.24, 2.45) is 11.8 Å². The summed E-state index contributed by atoms with van der Waals surface area (Å²) >= 11 is 0. The number of aromatic nitrogens is 1. The van der Waals surface area contributed by atoms with E-state index in [0.717, 1.165) is 37.2 Å². The summed E-state index contributed by atoms with van der Waals surface area (Å²) < 4.78 is 22.6. The zero-order valence-corrected chi connectivity index (χ0v) is 26.6. The van der Waals surface area contributed by atoms with Gasteiger partial charge in [-0.05, 0) is 75.1 Å². The van der Waals surface area contributed by atoms with Crippen LogP contribution in [0.15, 0.2) is 18.2 Å². The van der Waals surface area contributed by atoms with Crippen molar-refractivity contribution in [2.75, 3.05) is 26.8 Å². The number of methoxy groups -OCH3 is 1. The number of hydrogen-bond acceptors (Lipinski definition) is 5. The quantitative estimate of drug-likeness (QED) is 0.427. The lowest BCUT2D eigenvalue weighted by molar-refractivity contribution is -0.0460. The Morgan fingerprint density at radius 2 is 1.86 bits per heavy atom. The molecular formula is C29H48N2O4Si2. The Bertz CT molecular complexity index is 1180. The summed E-state index contributed by atoms with van der Waals surface area (Å²) in [7, 11) is -2.10. The van der Waals surface area contributed by atoms with Crippen LogP contribution in [-0.4, -0.2) is 64.1 Å². The molecule has 4 heterocycles. The van der Waals surface area contributed by atoms with Crippen molar-refractivity contribution in [1.29, 1.82) is 0 Å². The molecule has 1 aromatic carbocycles. The van der Waals surface area contributed by atoms with Crippen molar-refractivity contribution in [1.82, 2.24) is 9.47 Å². The number of fused-ring (bicyclic) bond motifs is 3. The molecular weight excluding hydrogens is 497 g/mol. The Morgan fingerprint density at radius 1 is 1.16 bits per heavy atom. The number of rotatable bonds is 7. The van der Waals surface area contributed by atoms with Crippen LogP contribution in [0, 0.1) is 11.8 Å². The van der Waals surface area contributed by atoms with E-state index < -0.39 is 16.6 Å². The minimum atomic E-state index is -2.01. The van der Waals surface area contributed by atoms with Crippen LogP contribution >= 0.6 is 0 Å². The Labute approximate surface area is 225 Å². The van der Waals surface area contributed by atoms with Crippen LogP contribution in [-0.2, 0) is 20.8 Å². The zero-order chi connectivity index (χ0) is 27.1. The van der Waals surface area contributed by atoms with Crippen LogP contribution in [0.4, 0.5) is 0 Å². The highest BCUT2D eigenvalue weighted by Gasteiger charge is 2.63. The van der Waals surface area contributed by atoms with Gasteiger partial charge in [0, 0.05) is 30.1 Å². The fourth-order valence-corrected chi connectivity index (χ4v) is 9.07. The summed E-state index contributed by atoms with van der Waals surface area (Å²) in [5.74, 6) is 1.36. The van der Waals surface area contributed by atoms with Crippen LogP contribution < -0.4 is 4.74 Å². The summed E-state index contributed by atoms with van der Waals surface area (Å²) in [5.41, 5.74) is 3.67. The molecule has 1 aromatic heterocycles. The average Bonchev–Trinajstić information content (AvgIpc) is 3.29. The molecule has 8 heteroatoms. The smallest absolute Gasteiger partial charge is 0.192 e. The number of aliphatic hydroxyl groups is 1. The van der Waals surface area contributed by atoms with E-state index in [2.05, 4.69) is 81.2 Å². The molecule has 5 atom stereocenters. The first-order valence-corrected chi connectivity index (χ1v) is 20.4. The monoisotopic (exact) mass is 544 g/mol. The van der Waals surface area contributed by atoms with Crippen LogP contribution in [0.25, 0.3) is 10.9 Å². The molecule has 1 saturated heterocycles. The summed E-state index contributed by atoms with van der Waals surface area (Å²) in [4.78, 5) is 2.66. The third kappa shape index (κ3) is 4.18. The van der Waals surface area contributed by atoms with Gasteiger partial charge in [-0.1, -0.05) is 32.9 Å². The van der Waals surface area contributed by atoms with Crippen LogP contribution in [0.3, 0.4) is 0 Å². The lowest BCUT2D eigenvalue weighted by Crippen LogP contribution is -2.59. The van der Waals surface area contributed by atoms with E-state index in [4.69, 9.17) is 13.6 Å². The van der Waals surface area contributed by atoms with Gasteiger partial charge in [0.15, 0.2) is 16.6 Å². The molecule has 6 nitrogen and oxygen atoms in total. The molecule has 0 amide bonds. The molecule has 0 spiro atoms. The van der Waals surface area contributed by atoms with Crippen molar-refractivity contribution in [3.05, 3.63) is 29.5 Å². The first-order chi connectivity index (χ1) is 17.1. The molecule has 1 fully saturated rings. The molecule has 37 heavy (non-hydrogen) atoms. The largest absolute Gasteiger partial charge is 0.495 e. The predicted molar refractivity (Wildman–Crippen MR) is 155 cm³/mol. The number of benzene rings is 1. The van der Waals surface area contributed by atoms with Gasteiger partial charge in [-0.3, -0.25) is 4.90 Å². The standard InChI is InChI=1S/C29H48N2O4Si2/c1-19(32)22-17-30-15-14-21-20-12-11-13-24(33-5)26(20)31-25(35-36(6,7)8)16-23(22)29(30,27(21)31)18-34-37(9,10)28(2,3)4/h11-13,19,22-23,25,32H,14-18H2,1-10H3/t19-,22-,23+,25-,29-/m1/s1. The Balaban J connectivity index is 1.78. The number of aliphatic hydroxyl groups excluding tert-OH is 1. The number of ether oxygens (including phenoxy) is 1. The van der Waals surface area contributed by atoms with Gasteiger partial charge in [0.25, 0.3) is 0 Å². The van der Waals surface area contributed by atoms with Crippen molar-refractivity contribution < 1.29 is 18.7 Å². The summed E-state index contributed by atoms with van der Waals surface area (Å²) in [6.45, 7) is 23.0. The third-order valence-electron chi connectivity index (χ3n) is 9.79. The van der Waals surface area contributed by atoms with Gasteiger partial charge in [0.2, 0.25) is 0 Å². The summed E-state index contributed by atoms with van der Waals surface area (Å²) in [5, 5.41) is 12.5. The Kier molecular flexibility index (Phi) is 6.61. The first kappa shape index (κ1) is 27.4. The highest BCUT2D eigenvalue weighted by atomic mass is 28.4. The van der Waals surface area contributed by atoms with E-state index >= 15 is 0 Å². The second kappa shape index (κ2) is 8.93. The highest BCUT2D eigenvalue weighted by molar-refractivity contribution is 6.74. The second-order valence-electron chi connectivity index (χ2n) is 14.2. The van der Waals surface area contributed by atoms with Crippen molar-refractivity contribution in [3.8, 4) is 5.75 Å². The van der Waals surface area contributed by atoms with Crippen LogP contribution in [0.5, 0.6) is 5.75 Å². The lowest BCUT2D eigenvalue weighted by Gasteiger charge is -2.53. The molecule has 3 aliphatic rings. The van der Waals surface area contributed by atoms with E-state index in [0.29, 0.717) is 6.61 Å². The molecule has 5 rings (SSSR count). The molecule has 0 bridgehead atoms. The number of hydrogen-bond donors (Lipinski definition) is 1. The van der Waals surface area contributed by atoms with E-state index in [-0.39, 0.29) is 34.7 Å². The van der Waals surface area contributed by atoms with Crippen molar-refractivity contribution in [2.45, 2.75) is 96.2 Å². The van der Waals surface area contributed by atoms with Gasteiger partial charge in [-0.2, -0.15) is 0 Å². The van der Waals surface area contributed by atoms with Crippen LogP contribution in [0.1, 0.15) is 51.6 Å². The fraction of sp³-hybridized carbons (Fsp3) is 0.724.